The molecule has 0 aliphatic rings. The van der Waals surface area contributed by atoms with Gasteiger partial charge in [0.25, 0.3) is 0 Å². The number of hydrogen-bond donors (Lipinski definition) is 0. The molecule has 0 amide bonds. The van der Waals surface area contributed by atoms with Crippen LogP contribution < -0.4 is 0 Å². The summed E-state index contributed by atoms with van der Waals surface area (Å²) in [5.41, 5.74) is 4.78. The Bertz CT molecular complexity index is 459. The Kier molecular flexibility index (Phi) is 36.7. The first kappa shape index (κ1) is 36.1. The van der Waals surface area contributed by atoms with Crippen LogP contribution in [0, 0.1) is 26.0 Å². The molecule has 2 aromatic carbocycles. The maximum atomic E-state index is 3.25. The maximum absolute atomic E-state index is 3.25. The third-order valence-electron chi connectivity index (χ3n) is 2.29. The van der Waals surface area contributed by atoms with Crippen LogP contribution in [0.5, 0.6) is 0 Å². The van der Waals surface area contributed by atoms with Crippen LogP contribution in [-0.4, -0.2) is 0 Å². The van der Waals surface area contributed by atoms with Crippen molar-refractivity contribution in [3.63, 3.8) is 0 Å². The standard InChI is InChI=1S/C14H12.6Y/c1-11-6-5-8-13(10-11)14-9-4-3-7-12(14)2;;;;;;/h3-7,10H,1-2H3;;;;;;/q-2;;;;;;. The Labute approximate surface area is 274 Å². The van der Waals surface area contributed by atoms with Gasteiger partial charge in [-0.1, -0.05) is 13.8 Å². The molecule has 0 aliphatic carbocycles. The van der Waals surface area contributed by atoms with E-state index in [1.54, 1.807) is 0 Å². The summed E-state index contributed by atoms with van der Waals surface area (Å²) >= 11 is 0. The van der Waals surface area contributed by atoms with E-state index in [0.717, 1.165) is 11.1 Å². The van der Waals surface area contributed by atoms with Crippen LogP contribution in [0.15, 0.2) is 36.4 Å². The Hall–Kier alpha value is 5.06. The average molecular weight is 714 g/mol. The number of hydrogen-bond acceptors (Lipinski definition) is 0. The normalized spacial score (nSPS) is 7.10. The van der Waals surface area contributed by atoms with E-state index in [2.05, 4.69) is 44.2 Å². The van der Waals surface area contributed by atoms with E-state index in [0.29, 0.717) is 0 Å². The molecular formula is C14H12Y6-2. The minimum Gasteiger partial charge on any atom is -0.226 e. The second-order valence-corrected chi connectivity index (χ2v) is 3.51. The van der Waals surface area contributed by atoms with E-state index in [4.69, 9.17) is 0 Å². The van der Waals surface area contributed by atoms with Crippen molar-refractivity contribution in [2.75, 3.05) is 0 Å². The fraction of sp³-hybridized carbons (Fsp3) is 0.143. The van der Waals surface area contributed by atoms with Crippen molar-refractivity contribution in [2.45, 2.75) is 13.8 Å². The van der Waals surface area contributed by atoms with Gasteiger partial charge in [0.2, 0.25) is 0 Å². The summed E-state index contributed by atoms with van der Waals surface area (Å²) in [6.45, 7) is 4.19. The van der Waals surface area contributed by atoms with Gasteiger partial charge in [-0.25, -0.2) is 11.1 Å². The molecule has 0 heterocycles. The van der Waals surface area contributed by atoms with Gasteiger partial charge in [0, 0.05) is 196 Å². The van der Waals surface area contributed by atoms with E-state index >= 15 is 0 Å². The van der Waals surface area contributed by atoms with Crippen molar-refractivity contribution >= 4 is 0 Å². The van der Waals surface area contributed by atoms with Crippen LogP contribution in [0.3, 0.4) is 0 Å². The molecule has 0 spiro atoms. The molecule has 0 fully saturated rings. The third kappa shape index (κ3) is 12.4. The zero-order valence-electron chi connectivity index (χ0n) is 11.9. The van der Waals surface area contributed by atoms with Gasteiger partial charge in [-0.15, -0.1) is 17.7 Å². The quantitative estimate of drug-likeness (QED) is 0.397. The molecule has 6 heteroatoms. The topological polar surface area (TPSA) is 0 Å². The summed E-state index contributed by atoms with van der Waals surface area (Å²) in [6.07, 6.45) is 0. The fourth-order valence-electron chi connectivity index (χ4n) is 1.54. The van der Waals surface area contributed by atoms with Crippen LogP contribution in [0.25, 0.3) is 11.1 Å². The Morgan fingerprint density at radius 1 is 0.750 bits per heavy atom. The molecule has 0 bridgehead atoms. The van der Waals surface area contributed by atoms with Gasteiger partial charge >= 0.3 is 0 Å². The fourth-order valence-corrected chi connectivity index (χ4v) is 1.54. The van der Waals surface area contributed by atoms with Crippen LogP contribution in [0.1, 0.15) is 11.1 Å². The van der Waals surface area contributed by atoms with Gasteiger partial charge in [-0.05, 0) is 0 Å². The molecule has 0 N–H and O–H groups in total. The summed E-state index contributed by atoms with van der Waals surface area (Å²) < 4.78 is 0. The zero-order valence-corrected chi connectivity index (χ0v) is 29.0. The first-order chi connectivity index (χ1) is 6.77. The van der Waals surface area contributed by atoms with Crippen LogP contribution >= 0.6 is 0 Å². The maximum Gasteiger partial charge on any atom is 0 e. The van der Waals surface area contributed by atoms with Crippen molar-refractivity contribution in [1.29, 1.82) is 0 Å². The van der Waals surface area contributed by atoms with E-state index < -0.39 is 0 Å². The minimum absolute atomic E-state index is 0. The molecular weight excluding hydrogens is 702 g/mol. The second-order valence-electron chi connectivity index (χ2n) is 3.51. The van der Waals surface area contributed by atoms with Crippen molar-refractivity contribution in [2.24, 2.45) is 0 Å². The van der Waals surface area contributed by atoms with E-state index in [9.17, 15) is 0 Å². The summed E-state index contributed by atoms with van der Waals surface area (Å²) in [5.74, 6) is 0. The Balaban J connectivity index is -0.000000125. The predicted octanol–water partition coefficient (Wildman–Crippen LogP) is 3.56. The van der Waals surface area contributed by atoms with Crippen LogP contribution in [-0.2, 0) is 196 Å². The first-order valence-electron chi connectivity index (χ1n) is 4.73. The second kappa shape index (κ2) is 20.4. The number of rotatable bonds is 1. The molecule has 0 saturated heterocycles. The van der Waals surface area contributed by atoms with Crippen molar-refractivity contribution in [3.05, 3.63) is 59.7 Å². The molecule has 2 aromatic rings. The Morgan fingerprint density at radius 3 is 1.85 bits per heavy atom. The molecule has 0 saturated carbocycles. The van der Waals surface area contributed by atoms with Crippen molar-refractivity contribution < 1.29 is 196 Å². The SMILES string of the molecule is Cc1cc[c-]c(-c2[c-]cccc2C)c1.[Y].[Y].[Y].[Y].[Y].[Y]. The summed E-state index contributed by atoms with van der Waals surface area (Å²) in [5, 5.41) is 0. The smallest absolute Gasteiger partial charge is 0 e. The van der Waals surface area contributed by atoms with Gasteiger partial charge < -0.3 is 0 Å². The van der Waals surface area contributed by atoms with E-state index in [-0.39, 0.29) is 196 Å². The summed E-state index contributed by atoms with van der Waals surface area (Å²) in [6, 6.07) is 18.7. The monoisotopic (exact) mass is 714 g/mol. The van der Waals surface area contributed by atoms with E-state index in [1.165, 1.54) is 11.1 Å². The van der Waals surface area contributed by atoms with Gasteiger partial charge in [-0.3, -0.25) is 0 Å². The number of benzene rings is 2. The molecule has 0 aromatic heterocycles. The number of aryl methyl sites for hydroxylation is 2. The van der Waals surface area contributed by atoms with Gasteiger partial charge in [0.15, 0.2) is 0 Å². The van der Waals surface area contributed by atoms with Gasteiger partial charge in [-0.2, -0.15) is 42.0 Å². The molecule has 6 radical (unpaired) electrons. The molecule has 0 atom stereocenters. The summed E-state index contributed by atoms with van der Waals surface area (Å²) in [4.78, 5) is 0. The molecule has 0 unspecified atom stereocenters. The largest absolute Gasteiger partial charge is 0.226 e. The summed E-state index contributed by atoms with van der Waals surface area (Å²) in [7, 11) is 0. The van der Waals surface area contributed by atoms with Crippen molar-refractivity contribution in [3.8, 4) is 11.1 Å². The van der Waals surface area contributed by atoms with Gasteiger partial charge in [0.05, 0.1) is 0 Å². The predicted molar refractivity (Wildman–Crippen MR) is 59.0 cm³/mol. The van der Waals surface area contributed by atoms with Crippen molar-refractivity contribution in [1.82, 2.24) is 0 Å². The molecule has 2 rings (SSSR count). The third-order valence-corrected chi connectivity index (χ3v) is 2.29. The van der Waals surface area contributed by atoms with E-state index in [1.807, 2.05) is 18.2 Å². The molecule has 0 aliphatic heterocycles. The zero-order chi connectivity index (χ0) is 9.97. The average Bonchev–Trinajstić information content (AvgIpc) is 2.18. The molecule has 0 nitrogen and oxygen atoms in total. The van der Waals surface area contributed by atoms with Gasteiger partial charge in [0.1, 0.15) is 0 Å². The molecule has 20 heavy (non-hydrogen) atoms. The minimum atomic E-state index is 0. The first-order valence-corrected chi connectivity index (χ1v) is 4.73. The molecule has 88 valence electrons. The van der Waals surface area contributed by atoms with Crippen LogP contribution in [0.2, 0.25) is 0 Å². The Morgan fingerprint density at radius 2 is 1.35 bits per heavy atom. The van der Waals surface area contributed by atoms with Crippen LogP contribution in [0.4, 0.5) is 0 Å².